The molecule has 1 aliphatic rings. The maximum atomic E-state index is 14.2. The van der Waals surface area contributed by atoms with Crippen molar-refractivity contribution >= 4 is 46.2 Å². The second-order valence-corrected chi connectivity index (χ2v) is 5.63. The van der Waals surface area contributed by atoms with Gasteiger partial charge in [-0.2, -0.15) is 0 Å². The summed E-state index contributed by atoms with van der Waals surface area (Å²) in [6.07, 6.45) is -1.16. The molecule has 7 heteroatoms. The minimum Gasteiger partial charge on any atom is -0.408 e. The quantitative estimate of drug-likeness (QED) is 0.673. The number of rotatable bonds is 1. The van der Waals surface area contributed by atoms with Crippen molar-refractivity contribution in [3.8, 4) is 0 Å². The lowest BCUT2D eigenvalue weighted by Crippen LogP contribution is -2.38. The number of aliphatic imine (C=N–C) groups is 1. The first kappa shape index (κ1) is 15.7. The summed E-state index contributed by atoms with van der Waals surface area (Å²) in [6.45, 7) is 0. The molecule has 4 nitrogen and oxygen atoms in total. The first-order valence-electron chi connectivity index (χ1n) is 6.45. The highest BCUT2D eigenvalue weighted by Gasteiger charge is 2.29. The Bertz CT molecular complexity index is 741. The smallest absolute Gasteiger partial charge is 0.244 e. The summed E-state index contributed by atoms with van der Waals surface area (Å²) >= 11 is 7.71. The first-order chi connectivity index (χ1) is 10.6. The Hall–Kier alpha value is -1.22. The van der Waals surface area contributed by atoms with Gasteiger partial charge in [0.05, 0.1) is 11.7 Å². The summed E-state index contributed by atoms with van der Waals surface area (Å²) in [5, 5.41) is 13.6. The van der Waals surface area contributed by atoms with Gasteiger partial charge in [0, 0.05) is 16.1 Å². The van der Waals surface area contributed by atoms with Crippen LogP contribution < -0.4 is 5.32 Å². The van der Waals surface area contributed by atoms with Crippen LogP contribution in [-0.4, -0.2) is 17.2 Å². The maximum Gasteiger partial charge on any atom is 0.244 e. The Balaban J connectivity index is 2.18. The van der Waals surface area contributed by atoms with Crippen LogP contribution in [0.4, 0.5) is 10.1 Å². The SMILES string of the molecule is OC1NC(c2ccccc2F)c2cc(Cl)ccc2N=C1OI. The van der Waals surface area contributed by atoms with Crippen LogP contribution in [0.25, 0.3) is 0 Å². The van der Waals surface area contributed by atoms with Crippen molar-refractivity contribution in [3.63, 3.8) is 0 Å². The average molecular weight is 433 g/mol. The average Bonchev–Trinajstić information content (AvgIpc) is 2.64. The van der Waals surface area contributed by atoms with E-state index in [9.17, 15) is 9.50 Å². The molecule has 0 bridgehead atoms. The van der Waals surface area contributed by atoms with Gasteiger partial charge in [0.15, 0.2) is 29.2 Å². The molecule has 2 N–H and O–H groups in total. The van der Waals surface area contributed by atoms with Crippen molar-refractivity contribution in [2.24, 2.45) is 4.99 Å². The van der Waals surface area contributed by atoms with Crippen LogP contribution in [0, 0.1) is 5.82 Å². The molecular weight excluding hydrogens is 422 g/mol. The van der Waals surface area contributed by atoms with Gasteiger partial charge in [0.2, 0.25) is 5.90 Å². The highest BCUT2D eigenvalue weighted by Crippen LogP contribution is 2.36. The van der Waals surface area contributed by atoms with Crippen LogP contribution in [0.2, 0.25) is 5.02 Å². The number of nitrogens with zero attached hydrogens (tertiary/aromatic N) is 1. The second-order valence-electron chi connectivity index (χ2n) is 4.75. The third-order valence-electron chi connectivity index (χ3n) is 3.38. The van der Waals surface area contributed by atoms with E-state index in [0.717, 1.165) is 0 Å². The van der Waals surface area contributed by atoms with Crippen LogP contribution >= 0.6 is 34.6 Å². The van der Waals surface area contributed by atoms with Gasteiger partial charge in [-0.15, -0.1) is 0 Å². The van der Waals surface area contributed by atoms with Crippen molar-refractivity contribution in [2.45, 2.75) is 12.3 Å². The van der Waals surface area contributed by atoms with E-state index in [2.05, 4.69) is 10.3 Å². The molecule has 2 atom stereocenters. The molecule has 0 radical (unpaired) electrons. The number of aliphatic hydroxyl groups is 1. The normalized spacial score (nSPS) is 20.8. The van der Waals surface area contributed by atoms with E-state index < -0.39 is 12.3 Å². The molecule has 0 aliphatic carbocycles. The summed E-state index contributed by atoms with van der Waals surface area (Å²) in [5.41, 5.74) is 1.63. The summed E-state index contributed by atoms with van der Waals surface area (Å²) in [6, 6.07) is 10.9. The van der Waals surface area contributed by atoms with Crippen molar-refractivity contribution in [1.82, 2.24) is 5.32 Å². The van der Waals surface area contributed by atoms with E-state index in [4.69, 9.17) is 14.7 Å². The molecule has 2 unspecified atom stereocenters. The van der Waals surface area contributed by atoms with E-state index in [0.29, 0.717) is 21.8 Å². The standard InChI is InChI=1S/C15H11ClFIN2O2/c16-8-5-6-12-10(7-8)13(9-3-1-2-4-11(9)17)20-14(21)15(19-12)22-18/h1-7,13-14,20-21H. The fraction of sp³-hybridized carbons (Fsp3) is 0.133. The molecule has 0 spiro atoms. The Labute approximate surface area is 145 Å². The van der Waals surface area contributed by atoms with Crippen molar-refractivity contribution < 1.29 is 12.6 Å². The minimum atomic E-state index is -1.16. The molecule has 2 aromatic rings. The van der Waals surface area contributed by atoms with Gasteiger partial charge < -0.3 is 8.17 Å². The molecule has 114 valence electrons. The highest BCUT2D eigenvalue weighted by atomic mass is 127. The van der Waals surface area contributed by atoms with E-state index >= 15 is 0 Å². The summed E-state index contributed by atoms with van der Waals surface area (Å²) < 4.78 is 19.2. The van der Waals surface area contributed by atoms with Crippen LogP contribution in [0.3, 0.4) is 0 Å². The molecule has 0 saturated heterocycles. The second kappa shape index (κ2) is 6.49. The zero-order valence-electron chi connectivity index (χ0n) is 11.1. The predicted molar refractivity (Wildman–Crippen MR) is 91.0 cm³/mol. The van der Waals surface area contributed by atoms with Crippen molar-refractivity contribution in [1.29, 1.82) is 0 Å². The molecule has 1 aliphatic heterocycles. The zero-order chi connectivity index (χ0) is 15.7. The highest BCUT2D eigenvalue weighted by molar-refractivity contribution is 14.1. The third kappa shape index (κ3) is 2.96. The number of fused-ring (bicyclic) bond motifs is 1. The van der Waals surface area contributed by atoms with Crippen LogP contribution in [0.5, 0.6) is 0 Å². The lowest BCUT2D eigenvalue weighted by molar-refractivity contribution is 0.179. The van der Waals surface area contributed by atoms with Crippen LogP contribution in [0.1, 0.15) is 17.2 Å². The lowest BCUT2D eigenvalue weighted by atomic mass is 9.97. The summed E-state index contributed by atoms with van der Waals surface area (Å²) in [7, 11) is 0. The Kier molecular flexibility index (Phi) is 4.62. The van der Waals surface area contributed by atoms with Gasteiger partial charge in [-0.05, 0) is 24.3 Å². The fourth-order valence-electron chi connectivity index (χ4n) is 2.38. The molecular formula is C15H11ClFIN2O2. The number of nitrogens with one attached hydrogen (secondary N) is 1. The zero-order valence-corrected chi connectivity index (χ0v) is 14.0. The topological polar surface area (TPSA) is 53.8 Å². The van der Waals surface area contributed by atoms with Gasteiger partial charge in [0.1, 0.15) is 5.82 Å². The number of benzene rings is 2. The summed E-state index contributed by atoms with van der Waals surface area (Å²) in [5.74, 6) is -0.278. The summed E-state index contributed by atoms with van der Waals surface area (Å²) in [4.78, 5) is 4.28. The number of hydrogen-bond donors (Lipinski definition) is 2. The number of halogens is 3. The van der Waals surface area contributed by atoms with Crippen molar-refractivity contribution in [3.05, 3.63) is 64.4 Å². The Morgan fingerprint density at radius 3 is 2.73 bits per heavy atom. The molecule has 0 saturated carbocycles. The number of aliphatic hydroxyl groups excluding tert-OH is 1. The molecule has 0 aromatic heterocycles. The van der Waals surface area contributed by atoms with Crippen LogP contribution in [0.15, 0.2) is 47.5 Å². The molecule has 0 amide bonds. The Morgan fingerprint density at radius 2 is 2.00 bits per heavy atom. The minimum absolute atomic E-state index is 0.100. The van der Waals surface area contributed by atoms with Gasteiger partial charge in [-0.1, -0.05) is 29.8 Å². The maximum absolute atomic E-state index is 14.2. The lowest BCUT2D eigenvalue weighted by Gasteiger charge is -2.21. The van der Waals surface area contributed by atoms with Gasteiger partial charge >= 0.3 is 0 Å². The largest absolute Gasteiger partial charge is 0.408 e. The monoisotopic (exact) mass is 432 g/mol. The predicted octanol–water partition coefficient (Wildman–Crippen LogP) is 3.89. The number of hydrogen-bond acceptors (Lipinski definition) is 4. The molecule has 22 heavy (non-hydrogen) atoms. The van der Waals surface area contributed by atoms with Gasteiger partial charge in [-0.25, -0.2) is 9.38 Å². The first-order valence-corrected chi connectivity index (χ1v) is 7.71. The van der Waals surface area contributed by atoms with E-state index in [1.165, 1.54) is 6.07 Å². The van der Waals surface area contributed by atoms with Crippen molar-refractivity contribution in [2.75, 3.05) is 0 Å². The molecule has 2 aromatic carbocycles. The van der Waals surface area contributed by atoms with Gasteiger partial charge in [0.25, 0.3) is 0 Å². The van der Waals surface area contributed by atoms with E-state index in [1.54, 1.807) is 59.4 Å². The Morgan fingerprint density at radius 1 is 1.23 bits per heavy atom. The fourth-order valence-corrected chi connectivity index (χ4v) is 2.90. The molecule has 1 heterocycles. The van der Waals surface area contributed by atoms with Gasteiger partial charge in [-0.3, -0.25) is 5.32 Å². The third-order valence-corrected chi connectivity index (χ3v) is 4.07. The molecule has 0 fully saturated rings. The van der Waals surface area contributed by atoms with E-state index in [1.807, 2.05) is 0 Å². The van der Waals surface area contributed by atoms with Crippen LogP contribution in [-0.2, 0) is 3.07 Å². The van der Waals surface area contributed by atoms with E-state index in [-0.39, 0.29) is 11.7 Å². The molecule has 3 rings (SSSR count).